The second-order valence-electron chi connectivity index (χ2n) is 7.44. The molecule has 1 aliphatic heterocycles. The third kappa shape index (κ3) is 8.79. The molecule has 6 nitrogen and oxygen atoms in total. The zero-order chi connectivity index (χ0) is 17.5. The van der Waals surface area contributed by atoms with E-state index in [-0.39, 0.29) is 24.0 Å². The molecular weight excluding hydrogens is 296 g/mol. The summed E-state index contributed by atoms with van der Waals surface area (Å²) in [6.45, 7) is 9.45. The number of rotatable bonds is 7. The van der Waals surface area contributed by atoms with E-state index in [2.05, 4.69) is 5.32 Å². The van der Waals surface area contributed by atoms with E-state index in [1.165, 1.54) is 0 Å². The summed E-state index contributed by atoms with van der Waals surface area (Å²) in [5.74, 6) is 0.214. The Morgan fingerprint density at radius 3 is 2.65 bits per heavy atom. The van der Waals surface area contributed by atoms with Crippen molar-refractivity contribution in [2.75, 3.05) is 26.7 Å². The molecule has 0 aromatic heterocycles. The highest BCUT2D eigenvalue weighted by Gasteiger charge is 2.21. The summed E-state index contributed by atoms with van der Waals surface area (Å²) in [7, 11) is 1.71. The molecule has 134 valence electrons. The fourth-order valence-electron chi connectivity index (χ4n) is 2.49. The molecule has 2 amide bonds. The molecule has 1 N–H and O–H groups in total. The zero-order valence-corrected chi connectivity index (χ0v) is 15.2. The molecule has 1 saturated heterocycles. The second-order valence-corrected chi connectivity index (χ2v) is 7.44. The van der Waals surface area contributed by atoms with Crippen molar-refractivity contribution in [3.05, 3.63) is 0 Å². The van der Waals surface area contributed by atoms with Gasteiger partial charge in [-0.3, -0.25) is 4.79 Å². The van der Waals surface area contributed by atoms with Crippen molar-refractivity contribution in [1.29, 1.82) is 0 Å². The van der Waals surface area contributed by atoms with Crippen molar-refractivity contribution in [2.24, 2.45) is 5.92 Å². The minimum Gasteiger partial charge on any atom is -0.444 e. The van der Waals surface area contributed by atoms with E-state index in [9.17, 15) is 9.59 Å². The van der Waals surface area contributed by atoms with Gasteiger partial charge in [0.05, 0.1) is 6.10 Å². The van der Waals surface area contributed by atoms with Crippen molar-refractivity contribution < 1.29 is 19.1 Å². The van der Waals surface area contributed by atoms with Crippen LogP contribution in [-0.4, -0.2) is 55.3 Å². The van der Waals surface area contributed by atoms with Crippen LogP contribution in [0.3, 0.4) is 0 Å². The number of ether oxygens (including phenoxy) is 2. The molecule has 0 aromatic carbocycles. The van der Waals surface area contributed by atoms with Gasteiger partial charge in [-0.1, -0.05) is 6.92 Å². The first-order valence-electron chi connectivity index (χ1n) is 8.50. The summed E-state index contributed by atoms with van der Waals surface area (Å²) < 4.78 is 10.8. The maximum atomic E-state index is 11.9. The average Bonchev–Trinajstić information content (AvgIpc) is 2.94. The van der Waals surface area contributed by atoms with E-state index >= 15 is 0 Å². The fraction of sp³-hybridized carbons (Fsp3) is 0.882. The maximum absolute atomic E-state index is 11.9. The number of nitrogens with zero attached hydrogens (tertiary/aromatic N) is 1. The van der Waals surface area contributed by atoms with E-state index in [1.807, 2.05) is 27.7 Å². The zero-order valence-electron chi connectivity index (χ0n) is 15.2. The van der Waals surface area contributed by atoms with Crippen LogP contribution in [0.5, 0.6) is 0 Å². The first-order valence-corrected chi connectivity index (χ1v) is 8.50. The molecule has 0 radical (unpaired) electrons. The van der Waals surface area contributed by atoms with Gasteiger partial charge in [0.2, 0.25) is 5.91 Å². The van der Waals surface area contributed by atoms with Crippen LogP contribution in [-0.2, 0) is 14.3 Å². The Bertz CT molecular complexity index is 387. The molecule has 6 heteroatoms. The molecule has 0 spiro atoms. The number of carbonyl (C=O) groups excluding carboxylic acids is 2. The quantitative estimate of drug-likeness (QED) is 0.780. The van der Waals surface area contributed by atoms with Crippen LogP contribution < -0.4 is 5.32 Å². The summed E-state index contributed by atoms with van der Waals surface area (Å²) in [5, 5.41) is 2.93. The van der Waals surface area contributed by atoms with Gasteiger partial charge >= 0.3 is 6.09 Å². The lowest BCUT2D eigenvalue weighted by molar-refractivity contribution is -0.121. The van der Waals surface area contributed by atoms with E-state index in [0.29, 0.717) is 19.5 Å². The van der Waals surface area contributed by atoms with Crippen molar-refractivity contribution in [3.63, 3.8) is 0 Å². The Kier molecular flexibility index (Phi) is 7.82. The summed E-state index contributed by atoms with van der Waals surface area (Å²) in [6.07, 6.45) is 3.35. The maximum Gasteiger partial charge on any atom is 0.410 e. The normalized spacial score (nSPS) is 19.3. The average molecular weight is 328 g/mol. The van der Waals surface area contributed by atoms with E-state index in [1.54, 1.807) is 11.9 Å². The third-order valence-corrected chi connectivity index (χ3v) is 3.66. The Hall–Kier alpha value is -1.30. The summed E-state index contributed by atoms with van der Waals surface area (Å²) in [5.41, 5.74) is -0.495. The fourth-order valence-corrected chi connectivity index (χ4v) is 2.49. The third-order valence-electron chi connectivity index (χ3n) is 3.66. The smallest absolute Gasteiger partial charge is 0.410 e. The molecule has 0 bridgehead atoms. The number of amides is 2. The Morgan fingerprint density at radius 1 is 1.39 bits per heavy atom. The van der Waals surface area contributed by atoms with Crippen LogP contribution >= 0.6 is 0 Å². The standard InChI is InChI=1S/C17H32N2O4/c1-13(12-19(5)16(21)23-17(2,3)4)11-18-15(20)9-8-14-7-6-10-22-14/h13-14H,6-12H2,1-5H3,(H,18,20)/t13-,14+/m1/s1. The van der Waals surface area contributed by atoms with Crippen molar-refractivity contribution in [1.82, 2.24) is 10.2 Å². The molecule has 23 heavy (non-hydrogen) atoms. The summed E-state index contributed by atoms with van der Waals surface area (Å²) >= 11 is 0. The number of carbonyl (C=O) groups is 2. The van der Waals surface area contributed by atoms with Crippen molar-refractivity contribution in [3.8, 4) is 0 Å². The van der Waals surface area contributed by atoms with Crippen LogP contribution in [0.25, 0.3) is 0 Å². The largest absolute Gasteiger partial charge is 0.444 e. The minimum atomic E-state index is -0.495. The van der Waals surface area contributed by atoms with Crippen LogP contribution in [0.1, 0.15) is 53.4 Å². The van der Waals surface area contributed by atoms with Gasteiger partial charge in [0.15, 0.2) is 0 Å². The first kappa shape index (κ1) is 19.7. The van der Waals surface area contributed by atoms with Gasteiger partial charge < -0.3 is 19.7 Å². The predicted octanol–water partition coefficient (Wildman–Crippen LogP) is 2.56. The summed E-state index contributed by atoms with van der Waals surface area (Å²) in [6, 6.07) is 0. The number of nitrogens with one attached hydrogen (secondary N) is 1. The Balaban J connectivity index is 2.18. The highest BCUT2D eigenvalue weighted by Crippen LogP contribution is 2.16. The van der Waals surface area contributed by atoms with Crippen molar-refractivity contribution >= 4 is 12.0 Å². The topological polar surface area (TPSA) is 67.9 Å². The lowest BCUT2D eigenvalue weighted by atomic mass is 10.1. The van der Waals surface area contributed by atoms with Gasteiger partial charge in [-0.2, -0.15) is 0 Å². The predicted molar refractivity (Wildman–Crippen MR) is 89.2 cm³/mol. The highest BCUT2D eigenvalue weighted by molar-refractivity contribution is 5.75. The lowest BCUT2D eigenvalue weighted by Gasteiger charge is -2.26. The SMILES string of the molecule is C[C@H](CNC(=O)CC[C@@H]1CCCO1)CN(C)C(=O)OC(C)(C)C. The summed E-state index contributed by atoms with van der Waals surface area (Å²) in [4.78, 5) is 25.3. The Morgan fingerprint density at radius 2 is 2.09 bits per heavy atom. The molecular formula is C17H32N2O4. The van der Waals surface area contributed by atoms with E-state index < -0.39 is 5.60 Å². The van der Waals surface area contributed by atoms with Crippen LogP contribution in [0.4, 0.5) is 4.79 Å². The first-order chi connectivity index (χ1) is 10.7. The number of hydrogen-bond acceptors (Lipinski definition) is 4. The molecule has 0 aliphatic carbocycles. The molecule has 1 aliphatic rings. The van der Waals surface area contributed by atoms with Crippen LogP contribution in [0, 0.1) is 5.92 Å². The van der Waals surface area contributed by atoms with E-state index in [0.717, 1.165) is 25.9 Å². The molecule has 1 heterocycles. The van der Waals surface area contributed by atoms with Gasteiger partial charge in [0, 0.05) is 33.2 Å². The molecule has 0 aromatic rings. The second kappa shape index (κ2) is 9.11. The van der Waals surface area contributed by atoms with Gasteiger partial charge in [0.25, 0.3) is 0 Å². The number of hydrogen-bond donors (Lipinski definition) is 1. The van der Waals surface area contributed by atoms with Crippen LogP contribution in [0.2, 0.25) is 0 Å². The minimum absolute atomic E-state index is 0.0484. The molecule has 1 fully saturated rings. The van der Waals surface area contributed by atoms with Gasteiger partial charge in [-0.15, -0.1) is 0 Å². The van der Waals surface area contributed by atoms with Gasteiger partial charge in [0.1, 0.15) is 5.60 Å². The monoisotopic (exact) mass is 328 g/mol. The highest BCUT2D eigenvalue weighted by atomic mass is 16.6. The Labute approximate surface area is 139 Å². The lowest BCUT2D eigenvalue weighted by Crippen LogP contribution is -2.39. The molecule has 0 saturated carbocycles. The molecule has 0 unspecified atom stereocenters. The van der Waals surface area contributed by atoms with Crippen molar-refractivity contribution in [2.45, 2.75) is 65.1 Å². The molecule has 1 rings (SSSR count). The van der Waals surface area contributed by atoms with Crippen LogP contribution in [0.15, 0.2) is 0 Å². The van der Waals surface area contributed by atoms with E-state index in [4.69, 9.17) is 9.47 Å². The van der Waals surface area contributed by atoms with Gasteiger partial charge in [-0.05, 0) is 46.0 Å². The molecule has 2 atom stereocenters. The van der Waals surface area contributed by atoms with Gasteiger partial charge in [-0.25, -0.2) is 4.79 Å².